The summed E-state index contributed by atoms with van der Waals surface area (Å²) in [4.78, 5) is 4.40. The zero-order valence-corrected chi connectivity index (χ0v) is 9.85. The second-order valence-electron chi connectivity index (χ2n) is 5.43. The minimum atomic E-state index is 0.0104. The summed E-state index contributed by atoms with van der Waals surface area (Å²) in [6.07, 6.45) is 3.85. The van der Waals surface area contributed by atoms with E-state index in [2.05, 4.69) is 38.0 Å². The predicted molar refractivity (Wildman–Crippen MR) is 61.3 cm³/mol. The molecule has 3 nitrogen and oxygen atoms in total. The maximum absolute atomic E-state index is 5.79. The third kappa shape index (κ3) is 3.56. The van der Waals surface area contributed by atoms with E-state index in [1.54, 1.807) is 0 Å². The van der Waals surface area contributed by atoms with E-state index in [0.717, 1.165) is 6.54 Å². The molecule has 0 unspecified atom stereocenters. The van der Waals surface area contributed by atoms with Crippen LogP contribution in [0.15, 0.2) is 4.99 Å². The van der Waals surface area contributed by atoms with Crippen LogP contribution in [0, 0.1) is 5.41 Å². The lowest BCUT2D eigenvalue weighted by Crippen LogP contribution is -2.45. The Balaban J connectivity index is 2.37. The lowest BCUT2D eigenvalue weighted by Gasteiger charge is -2.21. The highest BCUT2D eigenvalue weighted by molar-refractivity contribution is 5.78. The zero-order chi connectivity index (χ0) is 10.8. The molecule has 0 heterocycles. The van der Waals surface area contributed by atoms with Crippen LogP contribution in [0.5, 0.6) is 0 Å². The predicted octanol–water partition coefficient (Wildman–Crippen LogP) is 1.88. The molecule has 0 aliphatic heterocycles. The van der Waals surface area contributed by atoms with Crippen molar-refractivity contribution in [3.63, 3.8) is 0 Å². The van der Waals surface area contributed by atoms with Gasteiger partial charge in [-0.05, 0) is 45.4 Å². The van der Waals surface area contributed by atoms with Crippen LogP contribution in [0.1, 0.15) is 47.0 Å². The molecule has 0 radical (unpaired) electrons. The lowest BCUT2D eigenvalue weighted by molar-refractivity contribution is 0.489. The first-order chi connectivity index (χ1) is 6.37. The maximum Gasteiger partial charge on any atom is 0.189 e. The first kappa shape index (κ1) is 11.3. The van der Waals surface area contributed by atoms with Crippen LogP contribution in [0.3, 0.4) is 0 Å². The molecular weight excluding hydrogens is 174 g/mol. The van der Waals surface area contributed by atoms with Gasteiger partial charge in [0.2, 0.25) is 0 Å². The number of hydrogen-bond acceptors (Lipinski definition) is 1. The van der Waals surface area contributed by atoms with Crippen LogP contribution in [-0.2, 0) is 0 Å². The van der Waals surface area contributed by atoms with Crippen LogP contribution in [0.4, 0.5) is 0 Å². The SMILES string of the molecule is CCC1(CN=C(N)NC(C)(C)C)CC1. The van der Waals surface area contributed by atoms with Gasteiger partial charge in [-0.15, -0.1) is 0 Å². The Bertz CT molecular complexity index is 221. The average Bonchev–Trinajstić information content (AvgIpc) is 2.78. The first-order valence-electron chi connectivity index (χ1n) is 5.45. The number of aliphatic imine (C=N–C) groups is 1. The van der Waals surface area contributed by atoms with Crippen molar-refractivity contribution in [2.45, 2.75) is 52.5 Å². The zero-order valence-electron chi connectivity index (χ0n) is 9.85. The van der Waals surface area contributed by atoms with Crippen LogP contribution in [0.2, 0.25) is 0 Å². The molecule has 1 fully saturated rings. The van der Waals surface area contributed by atoms with Crippen molar-refractivity contribution in [2.24, 2.45) is 16.1 Å². The van der Waals surface area contributed by atoms with E-state index in [1.807, 2.05) is 0 Å². The van der Waals surface area contributed by atoms with Gasteiger partial charge in [-0.3, -0.25) is 4.99 Å². The van der Waals surface area contributed by atoms with E-state index in [0.29, 0.717) is 11.4 Å². The summed E-state index contributed by atoms with van der Waals surface area (Å²) in [5, 5.41) is 3.17. The smallest absolute Gasteiger partial charge is 0.189 e. The number of hydrogen-bond donors (Lipinski definition) is 2. The van der Waals surface area contributed by atoms with Crippen molar-refractivity contribution in [3.8, 4) is 0 Å². The van der Waals surface area contributed by atoms with Gasteiger partial charge in [-0.25, -0.2) is 0 Å². The van der Waals surface area contributed by atoms with Gasteiger partial charge in [0, 0.05) is 12.1 Å². The fourth-order valence-electron chi connectivity index (χ4n) is 1.48. The van der Waals surface area contributed by atoms with Crippen molar-refractivity contribution < 1.29 is 0 Å². The summed E-state index contributed by atoms with van der Waals surface area (Å²) in [5.41, 5.74) is 6.29. The van der Waals surface area contributed by atoms with E-state index in [4.69, 9.17) is 5.73 Å². The van der Waals surface area contributed by atoms with E-state index < -0.39 is 0 Å². The normalized spacial score (nSPS) is 20.7. The van der Waals surface area contributed by atoms with Crippen molar-refractivity contribution in [1.82, 2.24) is 5.32 Å². The molecule has 1 aliphatic carbocycles. The summed E-state index contributed by atoms with van der Waals surface area (Å²) in [6, 6.07) is 0. The minimum absolute atomic E-state index is 0.0104. The average molecular weight is 197 g/mol. The number of rotatable bonds is 3. The summed E-state index contributed by atoms with van der Waals surface area (Å²) < 4.78 is 0. The molecule has 0 spiro atoms. The van der Waals surface area contributed by atoms with Gasteiger partial charge in [0.1, 0.15) is 0 Å². The molecular formula is C11H23N3. The fraction of sp³-hybridized carbons (Fsp3) is 0.909. The molecule has 0 saturated heterocycles. The Labute approximate surface area is 87.2 Å². The molecule has 0 atom stereocenters. The highest BCUT2D eigenvalue weighted by Gasteiger charge is 2.40. The second kappa shape index (κ2) is 3.79. The molecule has 0 aromatic carbocycles. The van der Waals surface area contributed by atoms with Gasteiger partial charge in [0.25, 0.3) is 0 Å². The Morgan fingerprint density at radius 1 is 1.43 bits per heavy atom. The highest BCUT2D eigenvalue weighted by atomic mass is 15.1. The standard InChI is InChI=1S/C11H23N3/c1-5-11(6-7-11)8-13-9(12)14-10(2,3)4/h5-8H2,1-4H3,(H3,12,13,14). The second-order valence-corrected chi connectivity index (χ2v) is 5.43. The Hall–Kier alpha value is -0.730. The molecule has 0 aromatic heterocycles. The molecule has 3 heteroatoms. The summed E-state index contributed by atoms with van der Waals surface area (Å²) >= 11 is 0. The number of guanidine groups is 1. The summed E-state index contributed by atoms with van der Waals surface area (Å²) in [6.45, 7) is 9.38. The topological polar surface area (TPSA) is 50.4 Å². The quantitative estimate of drug-likeness (QED) is 0.536. The summed E-state index contributed by atoms with van der Waals surface area (Å²) in [5.74, 6) is 0.581. The first-order valence-corrected chi connectivity index (χ1v) is 5.45. The Morgan fingerprint density at radius 2 is 2.00 bits per heavy atom. The van der Waals surface area contributed by atoms with Gasteiger partial charge >= 0.3 is 0 Å². The monoisotopic (exact) mass is 197 g/mol. The Kier molecular flexibility index (Phi) is 3.07. The number of nitrogens with one attached hydrogen (secondary N) is 1. The molecule has 0 bridgehead atoms. The van der Waals surface area contributed by atoms with Crippen LogP contribution in [0.25, 0.3) is 0 Å². The molecule has 3 N–H and O–H groups in total. The van der Waals surface area contributed by atoms with E-state index in [1.165, 1.54) is 19.3 Å². The molecule has 0 amide bonds. The molecule has 1 rings (SSSR count). The highest BCUT2D eigenvalue weighted by Crippen LogP contribution is 2.48. The molecule has 1 saturated carbocycles. The molecule has 1 aliphatic rings. The number of nitrogens with two attached hydrogens (primary N) is 1. The van der Waals surface area contributed by atoms with Gasteiger partial charge in [0.05, 0.1) is 0 Å². The van der Waals surface area contributed by atoms with Crippen molar-refractivity contribution in [1.29, 1.82) is 0 Å². The van der Waals surface area contributed by atoms with Crippen LogP contribution in [-0.4, -0.2) is 18.0 Å². The molecule has 14 heavy (non-hydrogen) atoms. The third-order valence-electron chi connectivity index (χ3n) is 2.79. The Morgan fingerprint density at radius 3 is 2.36 bits per heavy atom. The maximum atomic E-state index is 5.79. The lowest BCUT2D eigenvalue weighted by atomic mass is 10.1. The van der Waals surface area contributed by atoms with E-state index in [9.17, 15) is 0 Å². The molecule has 82 valence electrons. The third-order valence-corrected chi connectivity index (χ3v) is 2.79. The minimum Gasteiger partial charge on any atom is -0.370 e. The van der Waals surface area contributed by atoms with Crippen molar-refractivity contribution in [3.05, 3.63) is 0 Å². The van der Waals surface area contributed by atoms with Gasteiger partial charge in [-0.2, -0.15) is 0 Å². The van der Waals surface area contributed by atoms with Crippen molar-refractivity contribution >= 4 is 5.96 Å². The van der Waals surface area contributed by atoms with Gasteiger partial charge in [0.15, 0.2) is 5.96 Å². The van der Waals surface area contributed by atoms with Crippen molar-refractivity contribution in [2.75, 3.05) is 6.54 Å². The van der Waals surface area contributed by atoms with E-state index in [-0.39, 0.29) is 5.54 Å². The number of nitrogens with zero attached hydrogens (tertiary/aromatic N) is 1. The molecule has 0 aromatic rings. The van der Waals surface area contributed by atoms with E-state index >= 15 is 0 Å². The largest absolute Gasteiger partial charge is 0.370 e. The summed E-state index contributed by atoms with van der Waals surface area (Å²) in [7, 11) is 0. The van der Waals surface area contributed by atoms with Gasteiger partial charge in [-0.1, -0.05) is 6.92 Å². The van der Waals surface area contributed by atoms with Gasteiger partial charge < -0.3 is 11.1 Å². The van der Waals surface area contributed by atoms with Crippen LogP contribution < -0.4 is 11.1 Å². The fourth-order valence-corrected chi connectivity index (χ4v) is 1.48. The van der Waals surface area contributed by atoms with Crippen LogP contribution >= 0.6 is 0 Å².